The number of hydrogen-bond donors (Lipinski definition) is 1. The molecule has 0 radical (unpaired) electrons. The minimum absolute atomic E-state index is 0.0938. The lowest BCUT2D eigenvalue weighted by molar-refractivity contribution is -0.116. The minimum atomic E-state index is -0.0938. The van der Waals surface area contributed by atoms with Crippen molar-refractivity contribution in [1.29, 1.82) is 0 Å². The van der Waals surface area contributed by atoms with Crippen molar-refractivity contribution >= 4 is 34.5 Å². The Labute approximate surface area is 145 Å². The van der Waals surface area contributed by atoms with Crippen molar-refractivity contribution in [3.8, 4) is 0 Å². The number of carbonyl (C=O) groups is 1. The second-order valence-electron chi connectivity index (χ2n) is 5.67. The largest absolute Gasteiger partial charge is 0.310 e. The Balaban J connectivity index is 1.72. The quantitative estimate of drug-likeness (QED) is 0.769. The molecular formula is C17H20ClN5O. The Bertz CT molecular complexity index is 896. The molecule has 1 amide bonds. The van der Waals surface area contributed by atoms with Crippen LogP contribution in [0.2, 0.25) is 5.02 Å². The van der Waals surface area contributed by atoms with Gasteiger partial charge in [-0.15, -0.1) is 0 Å². The van der Waals surface area contributed by atoms with Crippen molar-refractivity contribution in [3.63, 3.8) is 0 Å². The van der Waals surface area contributed by atoms with Gasteiger partial charge in [0.15, 0.2) is 0 Å². The average Bonchev–Trinajstić information content (AvgIpc) is 3.04. The zero-order valence-corrected chi connectivity index (χ0v) is 14.8. The van der Waals surface area contributed by atoms with Crippen molar-refractivity contribution in [3.05, 3.63) is 40.7 Å². The zero-order valence-electron chi connectivity index (χ0n) is 14.0. The SMILES string of the molecule is CCn1c(NC(=O)CCn2nc(C)c(Cl)c2C)nc2ccccc21. The van der Waals surface area contributed by atoms with Gasteiger partial charge < -0.3 is 4.57 Å². The third-order valence-electron chi connectivity index (χ3n) is 4.07. The van der Waals surface area contributed by atoms with Crippen LogP contribution in [0, 0.1) is 13.8 Å². The Morgan fingerprint density at radius 1 is 1.29 bits per heavy atom. The number of anilines is 1. The molecular weight excluding hydrogens is 326 g/mol. The number of imidazole rings is 1. The van der Waals surface area contributed by atoms with Crippen LogP contribution in [0.3, 0.4) is 0 Å². The summed E-state index contributed by atoms with van der Waals surface area (Å²) < 4.78 is 3.76. The van der Waals surface area contributed by atoms with E-state index in [9.17, 15) is 4.79 Å². The number of para-hydroxylation sites is 2. The Kier molecular flexibility index (Phi) is 4.57. The normalized spacial score (nSPS) is 11.2. The van der Waals surface area contributed by atoms with Crippen molar-refractivity contribution in [2.24, 2.45) is 0 Å². The maximum absolute atomic E-state index is 12.3. The van der Waals surface area contributed by atoms with Crippen molar-refractivity contribution in [1.82, 2.24) is 19.3 Å². The fraction of sp³-hybridized carbons (Fsp3) is 0.353. The number of fused-ring (bicyclic) bond motifs is 1. The highest BCUT2D eigenvalue weighted by Gasteiger charge is 2.14. The van der Waals surface area contributed by atoms with E-state index in [0.717, 1.165) is 29.0 Å². The van der Waals surface area contributed by atoms with E-state index in [2.05, 4.69) is 15.4 Å². The van der Waals surface area contributed by atoms with E-state index in [1.807, 2.05) is 49.6 Å². The second kappa shape index (κ2) is 6.65. The third kappa shape index (κ3) is 3.01. The molecule has 0 aliphatic carbocycles. The fourth-order valence-corrected chi connectivity index (χ4v) is 2.91. The molecule has 1 N–H and O–H groups in total. The third-order valence-corrected chi connectivity index (χ3v) is 4.61. The summed E-state index contributed by atoms with van der Waals surface area (Å²) in [6.07, 6.45) is 0.311. The molecule has 0 atom stereocenters. The molecule has 0 saturated carbocycles. The van der Waals surface area contributed by atoms with Crippen LogP contribution in [-0.4, -0.2) is 25.2 Å². The lowest BCUT2D eigenvalue weighted by Crippen LogP contribution is -2.18. The van der Waals surface area contributed by atoms with Gasteiger partial charge in [-0.3, -0.25) is 14.8 Å². The summed E-state index contributed by atoms with van der Waals surface area (Å²) >= 11 is 6.13. The number of halogens is 1. The van der Waals surface area contributed by atoms with Gasteiger partial charge in [-0.2, -0.15) is 5.10 Å². The van der Waals surface area contributed by atoms with Crippen LogP contribution in [0.25, 0.3) is 11.0 Å². The summed E-state index contributed by atoms with van der Waals surface area (Å²) in [5.41, 5.74) is 3.55. The standard InChI is InChI=1S/C17H20ClN5O/c1-4-22-14-8-6-5-7-13(14)19-17(22)20-15(24)9-10-23-12(3)16(18)11(2)21-23/h5-8H,4,9-10H2,1-3H3,(H,19,20,24). The molecule has 7 heteroatoms. The van der Waals surface area contributed by atoms with Crippen LogP contribution >= 0.6 is 11.6 Å². The number of benzene rings is 1. The van der Waals surface area contributed by atoms with Gasteiger partial charge in [-0.05, 0) is 32.9 Å². The van der Waals surface area contributed by atoms with Crippen LogP contribution in [0.1, 0.15) is 24.7 Å². The highest BCUT2D eigenvalue weighted by Crippen LogP contribution is 2.20. The van der Waals surface area contributed by atoms with E-state index in [4.69, 9.17) is 11.6 Å². The summed E-state index contributed by atoms with van der Waals surface area (Å²) in [5.74, 6) is 0.485. The Hall–Kier alpha value is -2.34. The lowest BCUT2D eigenvalue weighted by atomic mass is 10.3. The number of nitrogens with one attached hydrogen (secondary N) is 1. The molecule has 6 nitrogen and oxygen atoms in total. The molecule has 2 aromatic heterocycles. The summed E-state index contributed by atoms with van der Waals surface area (Å²) in [5, 5.41) is 7.90. The number of aromatic nitrogens is 4. The fourth-order valence-electron chi connectivity index (χ4n) is 2.78. The first-order valence-electron chi connectivity index (χ1n) is 7.96. The predicted molar refractivity (Wildman–Crippen MR) is 95.4 cm³/mol. The Morgan fingerprint density at radius 2 is 2.04 bits per heavy atom. The summed E-state index contributed by atoms with van der Waals surface area (Å²) in [6, 6.07) is 7.84. The number of carbonyl (C=O) groups excluding carboxylic acids is 1. The van der Waals surface area contributed by atoms with Gasteiger partial charge in [0, 0.05) is 13.0 Å². The van der Waals surface area contributed by atoms with Gasteiger partial charge in [-0.1, -0.05) is 23.7 Å². The van der Waals surface area contributed by atoms with Crippen LogP contribution < -0.4 is 5.32 Å². The van der Waals surface area contributed by atoms with E-state index >= 15 is 0 Å². The molecule has 0 saturated heterocycles. The molecule has 2 heterocycles. The summed E-state index contributed by atoms with van der Waals surface area (Å²) in [4.78, 5) is 16.8. The maximum Gasteiger partial charge on any atom is 0.228 e. The van der Waals surface area contributed by atoms with E-state index < -0.39 is 0 Å². The van der Waals surface area contributed by atoms with Gasteiger partial charge in [0.05, 0.1) is 34.0 Å². The molecule has 3 aromatic rings. The van der Waals surface area contributed by atoms with Gasteiger partial charge >= 0.3 is 0 Å². The molecule has 3 rings (SSSR count). The van der Waals surface area contributed by atoms with Crippen LogP contribution in [0.15, 0.2) is 24.3 Å². The van der Waals surface area contributed by atoms with Gasteiger partial charge in [0.1, 0.15) is 0 Å². The van der Waals surface area contributed by atoms with Crippen LogP contribution in [0.4, 0.5) is 5.95 Å². The monoisotopic (exact) mass is 345 g/mol. The number of hydrogen-bond acceptors (Lipinski definition) is 3. The highest BCUT2D eigenvalue weighted by atomic mass is 35.5. The molecule has 0 bridgehead atoms. The zero-order chi connectivity index (χ0) is 17.3. The lowest BCUT2D eigenvalue weighted by Gasteiger charge is -2.08. The van der Waals surface area contributed by atoms with Crippen molar-refractivity contribution < 1.29 is 4.79 Å². The molecule has 0 fully saturated rings. The van der Waals surface area contributed by atoms with E-state index in [1.54, 1.807) is 4.68 Å². The average molecular weight is 346 g/mol. The molecule has 126 valence electrons. The number of aryl methyl sites for hydroxylation is 3. The first-order chi connectivity index (χ1) is 11.5. The smallest absolute Gasteiger partial charge is 0.228 e. The molecule has 0 spiro atoms. The number of amides is 1. The van der Waals surface area contributed by atoms with Crippen LogP contribution in [0.5, 0.6) is 0 Å². The van der Waals surface area contributed by atoms with Gasteiger partial charge in [0.2, 0.25) is 11.9 Å². The summed E-state index contributed by atoms with van der Waals surface area (Å²) in [6.45, 7) is 7.01. The Morgan fingerprint density at radius 3 is 2.71 bits per heavy atom. The number of rotatable bonds is 5. The molecule has 0 unspecified atom stereocenters. The minimum Gasteiger partial charge on any atom is -0.310 e. The predicted octanol–water partition coefficient (Wildman–Crippen LogP) is 3.55. The summed E-state index contributed by atoms with van der Waals surface area (Å²) in [7, 11) is 0. The van der Waals surface area contributed by atoms with Gasteiger partial charge in [0.25, 0.3) is 0 Å². The van der Waals surface area contributed by atoms with Gasteiger partial charge in [-0.25, -0.2) is 4.98 Å². The molecule has 1 aromatic carbocycles. The maximum atomic E-state index is 12.3. The van der Waals surface area contributed by atoms with E-state index in [1.165, 1.54) is 0 Å². The second-order valence-corrected chi connectivity index (χ2v) is 6.05. The molecule has 0 aliphatic rings. The van der Waals surface area contributed by atoms with E-state index in [0.29, 0.717) is 23.9 Å². The first kappa shape index (κ1) is 16.5. The molecule has 0 aliphatic heterocycles. The van der Waals surface area contributed by atoms with E-state index in [-0.39, 0.29) is 5.91 Å². The topological polar surface area (TPSA) is 64.7 Å². The molecule has 24 heavy (non-hydrogen) atoms. The van der Waals surface area contributed by atoms with Crippen molar-refractivity contribution in [2.45, 2.75) is 40.3 Å². The number of nitrogens with zero attached hydrogens (tertiary/aromatic N) is 4. The first-order valence-corrected chi connectivity index (χ1v) is 8.33. The highest BCUT2D eigenvalue weighted by molar-refractivity contribution is 6.31. The van der Waals surface area contributed by atoms with Crippen LogP contribution in [-0.2, 0) is 17.9 Å². The van der Waals surface area contributed by atoms with Crippen molar-refractivity contribution in [2.75, 3.05) is 5.32 Å².